The zero-order valence-corrected chi connectivity index (χ0v) is 11.0. The molecule has 0 aliphatic rings. The molecule has 1 atom stereocenters. The van der Waals surface area contributed by atoms with Crippen molar-refractivity contribution < 1.29 is 4.39 Å². The highest BCUT2D eigenvalue weighted by atomic mass is 35.5. The maximum Gasteiger partial charge on any atom is 0.123 e. The molecule has 90 valence electrons. The molecule has 1 aromatic rings. The van der Waals surface area contributed by atoms with Gasteiger partial charge in [0.25, 0.3) is 0 Å². The molecular formula is C14H20ClF. The maximum absolute atomic E-state index is 12.7. The molecule has 2 heteroatoms. The molecular weight excluding hydrogens is 223 g/mol. The zero-order valence-electron chi connectivity index (χ0n) is 10.3. The molecule has 0 spiro atoms. The average Bonchev–Trinajstić information content (AvgIpc) is 2.19. The molecule has 0 amide bonds. The van der Waals surface area contributed by atoms with Crippen LogP contribution < -0.4 is 0 Å². The Hall–Kier alpha value is -0.560. The average molecular weight is 243 g/mol. The van der Waals surface area contributed by atoms with Crippen molar-refractivity contribution >= 4 is 11.6 Å². The fourth-order valence-corrected chi connectivity index (χ4v) is 1.72. The van der Waals surface area contributed by atoms with E-state index in [0.29, 0.717) is 0 Å². The summed E-state index contributed by atoms with van der Waals surface area (Å²) in [5.74, 6) is -0.173. The van der Waals surface area contributed by atoms with Crippen LogP contribution in [0.5, 0.6) is 0 Å². The normalized spacial score (nSPS) is 13.8. The third-order valence-electron chi connectivity index (χ3n) is 2.78. The van der Waals surface area contributed by atoms with E-state index in [9.17, 15) is 4.39 Å². The monoisotopic (exact) mass is 242 g/mol. The van der Waals surface area contributed by atoms with E-state index in [2.05, 4.69) is 20.8 Å². The van der Waals surface area contributed by atoms with Gasteiger partial charge in [0.15, 0.2) is 0 Å². The number of aryl methyl sites for hydroxylation is 1. The van der Waals surface area contributed by atoms with Crippen molar-refractivity contribution in [2.45, 2.75) is 45.4 Å². The van der Waals surface area contributed by atoms with Crippen LogP contribution in [0, 0.1) is 11.2 Å². The number of benzene rings is 1. The minimum Gasteiger partial charge on any atom is -0.207 e. The van der Waals surface area contributed by atoms with E-state index >= 15 is 0 Å². The number of rotatable bonds is 4. The predicted molar refractivity (Wildman–Crippen MR) is 68.4 cm³/mol. The quantitative estimate of drug-likeness (QED) is 0.666. The van der Waals surface area contributed by atoms with Crippen LogP contribution in [-0.2, 0) is 6.42 Å². The van der Waals surface area contributed by atoms with Gasteiger partial charge < -0.3 is 0 Å². The predicted octanol–water partition coefficient (Wildman–Crippen LogP) is 4.80. The molecule has 1 rings (SSSR count). The highest BCUT2D eigenvalue weighted by Crippen LogP contribution is 2.28. The van der Waals surface area contributed by atoms with Crippen LogP contribution in [0.2, 0.25) is 0 Å². The molecule has 0 N–H and O–H groups in total. The van der Waals surface area contributed by atoms with Gasteiger partial charge in [0, 0.05) is 5.38 Å². The van der Waals surface area contributed by atoms with E-state index in [1.807, 2.05) is 12.1 Å². The lowest BCUT2D eigenvalue weighted by molar-refractivity contribution is 0.369. The van der Waals surface area contributed by atoms with Crippen molar-refractivity contribution in [3.05, 3.63) is 35.6 Å². The van der Waals surface area contributed by atoms with Gasteiger partial charge in [-0.3, -0.25) is 0 Å². The molecule has 1 aromatic carbocycles. The Morgan fingerprint density at radius 1 is 1.19 bits per heavy atom. The topological polar surface area (TPSA) is 0 Å². The summed E-state index contributed by atoms with van der Waals surface area (Å²) in [4.78, 5) is 0. The molecule has 0 heterocycles. The summed E-state index contributed by atoms with van der Waals surface area (Å²) in [6.07, 6.45) is 3.03. The summed E-state index contributed by atoms with van der Waals surface area (Å²) in [5, 5.41) is 0.202. The van der Waals surface area contributed by atoms with Gasteiger partial charge in [-0.25, -0.2) is 4.39 Å². The Kier molecular flexibility index (Phi) is 4.79. The van der Waals surface area contributed by atoms with Crippen LogP contribution in [0.25, 0.3) is 0 Å². The summed E-state index contributed by atoms with van der Waals surface area (Å²) in [5.41, 5.74) is 1.34. The fourth-order valence-electron chi connectivity index (χ4n) is 1.57. The van der Waals surface area contributed by atoms with E-state index in [0.717, 1.165) is 19.3 Å². The van der Waals surface area contributed by atoms with Crippen molar-refractivity contribution in [2.75, 3.05) is 0 Å². The Labute approximate surface area is 103 Å². The lowest BCUT2D eigenvalue weighted by Crippen LogP contribution is -2.20. The van der Waals surface area contributed by atoms with E-state index in [4.69, 9.17) is 11.6 Å². The van der Waals surface area contributed by atoms with Crippen LogP contribution in [-0.4, -0.2) is 5.38 Å². The highest BCUT2D eigenvalue weighted by Gasteiger charge is 2.21. The molecule has 0 aromatic heterocycles. The summed E-state index contributed by atoms with van der Waals surface area (Å²) in [7, 11) is 0. The van der Waals surface area contributed by atoms with Gasteiger partial charge in [-0.2, -0.15) is 0 Å². The van der Waals surface area contributed by atoms with Crippen LogP contribution in [0.1, 0.15) is 39.2 Å². The summed E-state index contributed by atoms with van der Waals surface area (Å²) >= 11 is 6.29. The number of halogens is 2. The first-order valence-electron chi connectivity index (χ1n) is 5.78. The summed E-state index contributed by atoms with van der Waals surface area (Å²) < 4.78 is 12.7. The molecule has 0 saturated carbocycles. The van der Waals surface area contributed by atoms with Crippen LogP contribution in [0.15, 0.2) is 24.3 Å². The van der Waals surface area contributed by atoms with Gasteiger partial charge in [-0.1, -0.05) is 32.9 Å². The molecule has 0 bridgehead atoms. The smallest absolute Gasteiger partial charge is 0.123 e. The summed E-state index contributed by atoms with van der Waals surface area (Å²) in [6, 6.07) is 6.71. The van der Waals surface area contributed by atoms with Crippen molar-refractivity contribution in [3.63, 3.8) is 0 Å². The molecule has 0 aliphatic carbocycles. The Balaban J connectivity index is 2.33. The number of hydrogen-bond donors (Lipinski definition) is 0. The standard InChI is InChI=1S/C14H20ClF/c1-14(2,3)13(15)6-4-5-11-7-9-12(16)10-8-11/h7-10,13H,4-6H2,1-3H3. The molecule has 0 aliphatic heterocycles. The lowest BCUT2D eigenvalue weighted by Gasteiger charge is -2.24. The SMILES string of the molecule is CC(C)(C)C(Cl)CCCc1ccc(F)cc1. The first-order chi connectivity index (χ1) is 7.39. The third-order valence-corrected chi connectivity index (χ3v) is 3.65. The Morgan fingerprint density at radius 2 is 1.75 bits per heavy atom. The van der Waals surface area contributed by atoms with Crippen molar-refractivity contribution in [2.24, 2.45) is 5.41 Å². The van der Waals surface area contributed by atoms with E-state index in [-0.39, 0.29) is 16.6 Å². The molecule has 0 saturated heterocycles. The van der Waals surface area contributed by atoms with Crippen molar-refractivity contribution in [1.82, 2.24) is 0 Å². The lowest BCUT2D eigenvalue weighted by atomic mass is 9.88. The zero-order chi connectivity index (χ0) is 12.2. The molecule has 0 radical (unpaired) electrons. The van der Waals surface area contributed by atoms with Gasteiger partial charge in [-0.05, 0) is 42.4 Å². The summed E-state index contributed by atoms with van der Waals surface area (Å²) in [6.45, 7) is 6.47. The Bertz CT molecular complexity index is 311. The fraction of sp³-hybridized carbons (Fsp3) is 0.571. The minimum absolute atomic E-state index is 0.157. The second kappa shape index (κ2) is 5.67. The van der Waals surface area contributed by atoms with E-state index in [1.54, 1.807) is 0 Å². The van der Waals surface area contributed by atoms with Crippen LogP contribution in [0.3, 0.4) is 0 Å². The number of alkyl halides is 1. The molecule has 0 fully saturated rings. The largest absolute Gasteiger partial charge is 0.207 e. The minimum atomic E-state index is -0.173. The first-order valence-corrected chi connectivity index (χ1v) is 6.22. The molecule has 1 unspecified atom stereocenters. The van der Waals surface area contributed by atoms with Crippen molar-refractivity contribution in [3.8, 4) is 0 Å². The third kappa shape index (κ3) is 4.52. The second-order valence-electron chi connectivity index (χ2n) is 5.35. The molecule has 16 heavy (non-hydrogen) atoms. The molecule has 0 nitrogen and oxygen atoms in total. The van der Waals surface area contributed by atoms with Gasteiger partial charge >= 0.3 is 0 Å². The number of hydrogen-bond acceptors (Lipinski definition) is 0. The van der Waals surface area contributed by atoms with E-state index < -0.39 is 0 Å². The van der Waals surface area contributed by atoms with Gasteiger partial charge in [-0.15, -0.1) is 11.6 Å². The van der Waals surface area contributed by atoms with E-state index in [1.165, 1.54) is 17.7 Å². The Morgan fingerprint density at radius 3 is 2.25 bits per heavy atom. The van der Waals surface area contributed by atoms with Gasteiger partial charge in [0.05, 0.1) is 0 Å². The second-order valence-corrected chi connectivity index (χ2v) is 5.88. The van der Waals surface area contributed by atoms with Crippen LogP contribution in [0.4, 0.5) is 4.39 Å². The first kappa shape index (κ1) is 13.5. The van der Waals surface area contributed by atoms with Crippen molar-refractivity contribution in [1.29, 1.82) is 0 Å². The maximum atomic E-state index is 12.7. The van der Waals surface area contributed by atoms with Gasteiger partial charge in [0.1, 0.15) is 5.82 Å². The van der Waals surface area contributed by atoms with Crippen LogP contribution >= 0.6 is 11.6 Å². The van der Waals surface area contributed by atoms with Gasteiger partial charge in [0.2, 0.25) is 0 Å². The highest BCUT2D eigenvalue weighted by molar-refractivity contribution is 6.21.